The highest BCUT2D eigenvalue weighted by Gasteiger charge is 2.18. The average molecular weight is 335 g/mol. The van der Waals surface area contributed by atoms with Crippen molar-refractivity contribution in [2.24, 2.45) is 0 Å². The van der Waals surface area contributed by atoms with Gasteiger partial charge in [-0.05, 0) is 30.2 Å². The molecule has 0 aromatic heterocycles. The zero-order valence-electron chi connectivity index (χ0n) is 14.3. The Hall–Kier alpha value is -2.90. The molecule has 0 fully saturated rings. The van der Waals surface area contributed by atoms with Gasteiger partial charge in [0.25, 0.3) is 0 Å². The Balaban J connectivity index is 2.07. The number of nitrogens with zero attached hydrogens (tertiary/aromatic N) is 1. The summed E-state index contributed by atoms with van der Waals surface area (Å²) >= 11 is 0. The molecule has 0 radical (unpaired) electrons. The lowest BCUT2D eigenvalue weighted by Gasteiger charge is -2.19. The van der Waals surface area contributed by atoms with Gasteiger partial charge in [-0.2, -0.15) is 5.26 Å². The molecule has 0 aliphatic rings. The Morgan fingerprint density at radius 1 is 1.16 bits per heavy atom. The van der Waals surface area contributed by atoms with E-state index in [2.05, 4.69) is 12.6 Å². The molecule has 4 nitrogen and oxygen atoms in total. The van der Waals surface area contributed by atoms with Gasteiger partial charge >= 0.3 is 5.97 Å². The highest BCUT2D eigenvalue weighted by Crippen LogP contribution is 2.26. The quantitative estimate of drug-likeness (QED) is 0.532. The second kappa shape index (κ2) is 9.41. The highest BCUT2D eigenvalue weighted by atomic mass is 16.5. The number of nitriles is 1. The first-order valence-electron chi connectivity index (χ1n) is 8.14. The molecule has 0 saturated carbocycles. The largest absolute Gasteiger partial charge is 0.463 e. The Morgan fingerprint density at radius 3 is 2.44 bits per heavy atom. The van der Waals surface area contributed by atoms with Crippen molar-refractivity contribution in [2.75, 3.05) is 6.61 Å². The van der Waals surface area contributed by atoms with Gasteiger partial charge in [-0.15, -0.1) is 0 Å². The van der Waals surface area contributed by atoms with E-state index in [1.165, 1.54) is 0 Å². The van der Waals surface area contributed by atoms with Gasteiger partial charge < -0.3 is 9.47 Å². The summed E-state index contributed by atoms with van der Waals surface area (Å²) in [6, 6.07) is 19.0. The molecule has 25 heavy (non-hydrogen) atoms. The van der Waals surface area contributed by atoms with Crippen LogP contribution >= 0.6 is 0 Å². The van der Waals surface area contributed by atoms with E-state index in [0.717, 1.165) is 11.1 Å². The smallest absolute Gasteiger partial charge is 0.333 e. The number of rotatable bonds is 8. The van der Waals surface area contributed by atoms with Gasteiger partial charge in [-0.1, -0.05) is 49.0 Å². The Bertz CT molecular complexity index is 745. The minimum Gasteiger partial charge on any atom is -0.463 e. The first kappa shape index (κ1) is 18.4. The van der Waals surface area contributed by atoms with Crippen molar-refractivity contribution in [3.63, 3.8) is 0 Å². The predicted molar refractivity (Wildman–Crippen MR) is 95.5 cm³/mol. The van der Waals surface area contributed by atoms with Crippen molar-refractivity contribution in [2.45, 2.75) is 26.1 Å². The number of carbonyl (C=O) groups is 1. The molecule has 128 valence electrons. The maximum absolute atomic E-state index is 11.8. The normalized spacial score (nSPS) is 11.4. The molecule has 0 aliphatic heterocycles. The van der Waals surface area contributed by atoms with Gasteiger partial charge in [-0.3, -0.25) is 0 Å². The van der Waals surface area contributed by atoms with Crippen molar-refractivity contribution in [1.82, 2.24) is 0 Å². The van der Waals surface area contributed by atoms with Gasteiger partial charge in [0.15, 0.2) is 0 Å². The second-order valence-electron chi connectivity index (χ2n) is 5.55. The van der Waals surface area contributed by atoms with E-state index >= 15 is 0 Å². The van der Waals surface area contributed by atoms with Crippen LogP contribution in [0.25, 0.3) is 0 Å². The summed E-state index contributed by atoms with van der Waals surface area (Å²) in [6.45, 7) is 6.29. The average Bonchev–Trinajstić information content (AvgIpc) is 2.66. The molecule has 0 bridgehead atoms. The van der Waals surface area contributed by atoms with Gasteiger partial charge in [0, 0.05) is 12.0 Å². The van der Waals surface area contributed by atoms with E-state index in [1.54, 1.807) is 19.1 Å². The van der Waals surface area contributed by atoms with Crippen LogP contribution in [0.1, 0.15) is 36.1 Å². The first-order chi connectivity index (χ1) is 12.1. The van der Waals surface area contributed by atoms with Crippen LogP contribution in [0.4, 0.5) is 0 Å². The number of esters is 1. The van der Waals surface area contributed by atoms with Gasteiger partial charge in [0.05, 0.1) is 31.0 Å². The van der Waals surface area contributed by atoms with Crippen LogP contribution in [0.5, 0.6) is 0 Å². The fourth-order valence-corrected chi connectivity index (χ4v) is 2.35. The highest BCUT2D eigenvalue weighted by molar-refractivity contribution is 5.87. The molecular weight excluding hydrogens is 314 g/mol. The van der Waals surface area contributed by atoms with E-state index in [-0.39, 0.29) is 6.10 Å². The van der Waals surface area contributed by atoms with E-state index in [1.807, 2.05) is 42.5 Å². The summed E-state index contributed by atoms with van der Waals surface area (Å²) < 4.78 is 11.0. The summed E-state index contributed by atoms with van der Waals surface area (Å²) in [5, 5.41) is 8.86. The van der Waals surface area contributed by atoms with Crippen LogP contribution in [0.2, 0.25) is 0 Å². The molecule has 2 aromatic rings. The van der Waals surface area contributed by atoms with Crippen LogP contribution in [-0.4, -0.2) is 12.6 Å². The van der Waals surface area contributed by atoms with E-state index in [0.29, 0.717) is 30.8 Å². The molecule has 0 spiro atoms. The Morgan fingerprint density at radius 2 is 1.84 bits per heavy atom. The molecule has 1 atom stereocenters. The molecule has 0 amide bonds. The third-order valence-electron chi connectivity index (χ3n) is 3.70. The van der Waals surface area contributed by atoms with Gasteiger partial charge in [-0.25, -0.2) is 4.79 Å². The summed E-state index contributed by atoms with van der Waals surface area (Å²) in [5.74, 6) is -0.398. The standard InChI is InChI=1S/C21H21NO3/c1-3-24-21(23)16(2)13-20(19-7-5-4-6-8-19)25-15-18-11-9-17(14-22)10-12-18/h4-12,20H,2-3,13,15H2,1H3. The number of hydrogen-bond donors (Lipinski definition) is 0. The number of carbonyl (C=O) groups excluding carboxylic acids is 1. The molecule has 4 heteroatoms. The zero-order valence-corrected chi connectivity index (χ0v) is 14.3. The van der Waals surface area contributed by atoms with Crippen LogP contribution in [-0.2, 0) is 20.9 Å². The van der Waals surface area contributed by atoms with E-state index in [4.69, 9.17) is 14.7 Å². The lowest BCUT2D eigenvalue weighted by atomic mass is 10.0. The zero-order chi connectivity index (χ0) is 18.1. The maximum atomic E-state index is 11.8. The third kappa shape index (κ3) is 5.59. The lowest BCUT2D eigenvalue weighted by Crippen LogP contribution is -2.12. The fourth-order valence-electron chi connectivity index (χ4n) is 2.35. The van der Waals surface area contributed by atoms with Gasteiger partial charge in [0.2, 0.25) is 0 Å². The van der Waals surface area contributed by atoms with Gasteiger partial charge in [0.1, 0.15) is 0 Å². The van der Waals surface area contributed by atoms with Crippen LogP contribution in [0.15, 0.2) is 66.7 Å². The Kier molecular flexibility index (Phi) is 6.94. The molecule has 0 saturated heterocycles. The predicted octanol–water partition coefficient (Wildman–Crippen LogP) is 4.33. The summed E-state index contributed by atoms with van der Waals surface area (Å²) in [4.78, 5) is 11.8. The van der Waals surface area contributed by atoms with Crippen molar-refractivity contribution >= 4 is 5.97 Å². The number of ether oxygens (including phenoxy) is 2. The molecule has 2 rings (SSSR count). The third-order valence-corrected chi connectivity index (χ3v) is 3.70. The monoisotopic (exact) mass is 335 g/mol. The fraction of sp³-hybridized carbons (Fsp3) is 0.238. The molecular formula is C21H21NO3. The van der Waals surface area contributed by atoms with Crippen LogP contribution < -0.4 is 0 Å². The minimum absolute atomic E-state index is 0.297. The topological polar surface area (TPSA) is 59.3 Å². The molecule has 1 unspecified atom stereocenters. The van der Waals surface area contributed by atoms with Crippen LogP contribution in [0.3, 0.4) is 0 Å². The molecule has 2 aromatic carbocycles. The van der Waals surface area contributed by atoms with Crippen molar-refractivity contribution in [3.8, 4) is 6.07 Å². The summed E-state index contributed by atoms with van der Waals surface area (Å²) in [5.41, 5.74) is 2.93. The lowest BCUT2D eigenvalue weighted by molar-refractivity contribution is -0.139. The minimum atomic E-state index is -0.398. The van der Waals surface area contributed by atoms with Crippen LogP contribution in [0, 0.1) is 11.3 Å². The van der Waals surface area contributed by atoms with E-state index in [9.17, 15) is 4.79 Å². The number of hydrogen-bond acceptors (Lipinski definition) is 4. The van der Waals surface area contributed by atoms with Crippen molar-refractivity contribution in [1.29, 1.82) is 5.26 Å². The van der Waals surface area contributed by atoms with Crippen molar-refractivity contribution < 1.29 is 14.3 Å². The molecule has 0 heterocycles. The molecule has 0 aliphatic carbocycles. The maximum Gasteiger partial charge on any atom is 0.333 e. The number of benzene rings is 2. The van der Waals surface area contributed by atoms with E-state index < -0.39 is 5.97 Å². The Labute approximate surface area is 148 Å². The summed E-state index contributed by atoms with van der Waals surface area (Å²) in [7, 11) is 0. The SMILES string of the molecule is C=C(CC(OCc1ccc(C#N)cc1)c1ccccc1)C(=O)OCC. The molecule has 0 N–H and O–H groups in total. The second-order valence-corrected chi connectivity index (χ2v) is 5.55. The van der Waals surface area contributed by atoms with Crippen molar-refractivity contribution in [3.05, 3.63) is 83.4 Å². The summed E-state index contributed by atoms with van der Waals surface area (Å²) in [6.07, 6.45) is 0.0628. The first-order valence-corrected chi connectivity index (χ1v) is 8.14.